The molecule has 16 aromatic carbocycles. The Labute approximate surface area is 591 Å². The Morgan fingerprint density at radius 3 is 1.02 bits per heavy atom. The van der Waals surface area contributed by atoms with Crippen LogP contribution >= 0.6 is 0 Å². The minimum Gasteiger partial charge on any atom is -0.310 e. The van der Waals surface area contributed by atoms with Crippen LogP contribution in [0.4, 0.5) is 34.1 Å². The number of benzene rings is 16. The van der Waals surface area contributed by atoms with E-state index < -0.39 is 0 Å². The van der Waals surface area contributed by atoms with Crippen molar-refractivity contribution in [2.24, 2.45) is 0 Å². The molecule has 0 amide bonds. The molecule has 0 saturated heterocycles. The van der Waals surface area contributed by atoms with E-state index in [2.05, 4.69) is 400 Å². The molecule has 0 spiro atoms. The summed E-state index contributed by atoms with van der Waals surface area (Å²) >= 11 is 0. The average Bonchev–Trinajstić information content (AvgIpc) is 1.09. The van der Waals surface area contributed by atoms with Gasteiger partial charge in [-0.3, -0.25) is 0 Å². The Bertz CT molecular complexity index is 6350. The maximum atomic E-state index is 2.74. The normalized spacial score (nSPS) is 12.5. The molecule has 0 bridgehead atoms. The van der Waals surface area contributed by atoms with Crippen molar-refractivity contribution < 1.29 is 0 Å². The highest BCUT2D eigenvalue weighted by molar-refractivity contribution is 7.00. The van der Waals surface area contributed by atoms with Crippen LogP contribution in [0, 0.1) is 0 Å². The summed E-state index contributed by atoms with van der Waals surface area (Å²) in [6, 6.07) is 140. The van der Waals surface area contributed by atoms with Crippen LogP contribution in [-0.4, -0.2) is 20.4 Å². The van der Waals surface area contributed by atoms with E-state index in [0.29, 0.717) is 0 Å². The van der Waals surface area contributed by atoms with Crippen molar-refractivity contribution in [3.63, 3.8) is 0 Å². The fourth-order valence-electron chi connectivity index (χ4n) is 17.4. The molecule has 0 atom stereocenters. The highest BCUT2D eigenvalue weighted by atomic mass is 15.2. The average molecular weight is 1300 g/mol. The molecule has 6 heteroatoms. The van der Waals surface area contributed by atoms with Crippen LogP contribution < -0.4 is 26.2 Å². The molecule has 3 aromatic heterocycles. The van der Waals surface area contributed by atoms with Crippen LogP contribution in [0.2, 0.25) is 0 Å². The third-order valence-corrected chi connectivity index (χ3v) is 21.6. The van der Waals surface area contributed by atoms with E-state index in [1.165, 1.54) is 54.3 Å². The van der Waals surface area contributed by atoms with Gasteiger partial charge in [0.2, 0.25) is 0 Å². The Balaban J connectivity index is 0.977. The van der Waals surface area contributed by atoms with Crippen molar-refractivity contribution in [3.8, 4) is 72.7 Å². The summed E-state index contributed by atoms with van der Waals surface area (Å²) in [7, 11) is 0. The predicted octanol–water partition coefficient (Wildman–Crippen LogP) is 23.4. The monoisotopic (exact) mass is 1300 g/mol. The van der Waals surface area contributed by atoms with E-state index in [0.717, 1.165) is 134 Å². The first kappa shape index (κ1) is 57.6. The zero-order valence-corrected chi connectivity index (χ0v) is 55.6. The van der Waals surface area contributed by atoms with Gasteiger partial charge in [-0.05, 0) is 123 Å². The zero-order valence-electron chi connectivity index (χ0n) is 55.6. The van der Waals surface area contributed by atoms with Gasteiger partial charge in [0.1, 0.15) is 0 Å². The molecule has 102 heavy (non-hydrogen) atoms. The molecule has 0 aliphatic carbocycles. The number of rotatable bonds is 10. The molecule has 0 unspecified atom stereocenters. The van der Waals surface area contributed by atoms with E-state index in [4.69, 9.17) is 0 Å². The Kier molecular flexibility index (Phi) is 13.1. The molecule has 19 aromatic rings. The maximum Gasteiger partial charge on any atom is 0.252 e. The molecule has 21 rings (SSSR count). The molecule has 2 aliphatic rings. The molecule has 5 nitrogen and oxygen atoms in total. The first-order valence-corrected chi connectivity index (χ1v) is 35.3. The minimum absolute atomic E-state index is 0.298. The van der Waals surface area contributed by atoms with Gasteiger partial charge in [0, 0.05) is 83.0 Å². The lowest BCUT2D eigenvalue weighted by Crippen LogP contribution is -2.61. The summed E-state index contributed by atoms with van der Waals surface area (Å²) < 4.78 is 7.56. The summed E-state index contributed by atoms with van der Waals surface area (Å²) in [6.07, 6.45) is 0. The van der Waals surface area contributed by atoms with Crippen molar-refractivity contribution in [2.45, 2.75) is 0 Å². The van der Waals surface area contributed by atoms with E-state index in [1.807, 2.05) is 0 Å². The van der Waals surface area contributed by atoms with Gasteiger partial charge in [-0.1, -0.05) is 303 Å². The smallest absolute Gasteiger partial charge is 0.252 e. The lowest BCUT2D eigenvalue weighted by atomic mass is 9.33. The Morgan fingerprint density at radius 2 is 0.539 bits per heavy atom. The lowest BCUT2D eigenvalue weighted by molar-refractivity contribution is 1.15. The molecular formula is C96H62BN5. The molecule has 0 fully saturated rings. The van der Waals surface area contributed by atoms with Crippen LogP contribution in [0.5, 0.6) is 0 Å². The molecule has 0 N–H and O–H groups in total. The van der Waals surface area contributed by atoms with Crippen LogP contribution in [0.3, 0.4) is 0 Å². The number of anilines is 6. The summed E-state index contributed by atoms with van der Waals surface area (Å²) in [5, 5.41) is 7.18. The second-order valence-corrected chi connectivity index (χ2v) is 27.0. The van der Waals surface area contributed by atoms with E-state index >= 15 is 0 Å². The zero-order chi connectivity index (χ0) is 66.9. The first-order chi connectivity index (χ1) is 50.7. The molecule has 0 saturated carbocycles. The molecule has 2 aliphatic heterocycles. The summed E-state index contributed by atoms with van der Waals surface area (Å²) in [5.41, 5.74) is 31.7. The largest absolute Gasteiger partial charge is 0.310 e. The maximum absolute atomic E-state index is 2.74. The standard InChI is InChI=1S/C96H62BN5/c1-6-29-63(30-7-1)68-39-26-40-69(59-68)99-87-54-25-20-45-80(87)92-88(99)58-57-82-96(92)102(95-74(66-35-12-4-13-36-66)48-28-49-75(95)67-37-14-5-15-38-67)91-62-71(100-85-52-23-18-43-78(85)79-44-19-24-53-86(79)100)61-90-93(91)97(82)81-56-55-70(98-83-50-21-16-41-76(83)77-42-17-22-51-84(77)98)60-89(81)101(90)94-72(64-31-8-2-9-32-64)46-27-47-73(94)65-33-10-3-11-34-65/h1-62H. The van der Waals surface area contributed by atoms with Crippen molar-refractivity contribution in [1.29, 1.82) is 0 Å². The SMILES string of the molecule is c1ccc(-c2cccc(-n3c4ccccc4c4c5c(ccc43)B3c4ccc(-n6c7ccccc7c7ccccc76)cc4N(c4c(-c6ccccc6)cccc4-c4ccccc4)c4cc(-n6c7ccccc7c7ccccc76)cc(c43)N5c3c(-c4ccccc4)cccc3-c3ccccc3)c2)cc1. The number of hydrogen-bond donors (Lipinski definition) is 0. The van der Waals surface area contributed by atoms with E-state index in [-0.39, 0.29) is 6.71 Å². The topological polar surface area (TPSA) is 21.3 Å². The van der Waals surface area contributed by atoms with Crippen LogP contribution in [0.1, 0.15) is 0 Å². The van der Waals surface area contributed by atoms with Crippen LogP contribution in [0.15, 0.2) is 376 Å². The third-order valence-electron chi connectivity index (χ3n) is 21.6. The number of aromatic nitrogens is 3. The summed E-state index contributed by atoms with van der Waals surface area (Å²) in [4.78, 5) is 5.43. The number of nitrogens with zero attached hydrogens (tertiary/aromatic N) is 5. The quantitative estimate of drug-likeness (QED) is 0.127. The van der Waals surface area contributed by atoms with Gasteiger partial charge in [-0.2, -0.15) is 0 Å². The molecule has 5 heterocycles. The second-order valence-electron chi connectivity index (χ2n) is 27.0. The molecule has 474 valence electrons. The van der Waals surface area contributed by atoms with Crippen molar-refractivity contribution in [1.82, 2.24) is 13.7 Å². The highest BCUT2D eigenvalue weighted by Gasteiger charge is 2.47. The van der Waals surface area contributed by atoms with Gasteiger partial charge in [-0.15, -0.1) is 0 Å². The van der Waals surface area contributed by atoms with Crippen molar-refractivity contribution >= 4 is 123 Å². The van der Waals surface area contributed by atoms with Gasteiger partial charge in [0.05, 0.1) is 55.8 Å². The number of hydrogen-bond acceptors (Lipinski definition) is 2. The third kappa shape index (κ3) is 8.73. The van der Waals surface area contributed by atoms with Gasteiger partial charge < -0.3 is 23.5 Å². The van der Waals surface area contributed by atoms with Gasteiger partial charge in [-0.25, -0.2) is 0 Å². The second kappa shape index (κ2) is 23.1. The lowest BCUT2D eigenvalue weighted by Gasteiger charge is -2.46. The first-order valence-electron chi connectivity index (χ1n) is 35.3. The molecule has 0 radical (unpaired) electrons. The number of para-hydroxylation sites is 7. The Morgan fingerprint density at radius 1 is 0.196 bits per heavy atom. The molecular weight excluding hydrogens is 1230 g/mol. The van der Waals surface area contributed by atoms with Gasteiger partial charge >= 0.3 is 0 Å². The fraction of sp³-hybridized carbons (Fsp3) is 0. The van der Waals surface area contributed by atoms with Gasteiger partial charge in [0.25, 0.3) is 6.71 Å². The fourth-order valence-corrected chi connectivity index (χ4v) is 17.4. The summed E-state index contributed by atoms with van der Waals surface area (Å²) in [5.74, 6) is 0. The van der Waals surface area contributed by atoms with Crippen molar-refractivity contribution in [3.05, 3.63) is 376 Å². The van der Waals surface area contributed by atoms with Gasteiger partial charge in [0.15, 0.2) is 0 Å². The van der Waals surface area contributed by atoms with Crippen LogP contribution in [0.25, 0.3) is 138 Å². The summed E-state index contributed by atoms with van der Waals surface area (Å²) in [6.45, 7) is -0.298. The van der Waals surface area contributed by atoms with Crippen LogP contribution in [-0.2, 0) is 0 Å². The predicted molar refractivity (Wildman–Crippen MR) is 431 cm³/mol. The van der Waals surface area contributed by atoms with Crippen molar-refractivity contribution in [2.75, 3.05) is 9.80 Å². The highest BCUT2D eigenvalue weighted by Crippen LogP contribution is 2.56. The van der Waals surface area contributed by atoms with E-state index in [1.54, 1.807) is 0 Å². The Hall–Kier alpha value is -13.4. The minimum atomic E-state index is -0.298. The number of fused-ring (bicyclic) bond motifs is 14. The van der Waals surface area contributed by atoms with E-state index in [9.17, 15) is 0 Å².